The minimum absolute atomic E-state index is 0.338. The maximum Gasteiger partial charge on any atom is 0.0321 e. The Morgan fingerprint density at radius 2 is 2.29 bits per heavy atom. The molecule has 40 valence electrons. The fourth-order valence-corrected chi connectivity index (χ4v) is 0.918. The fourth-order valence-electron chi connectivity index (χ4n) is 0.918. The van der Waals surface area contributed by atoms with Gasteiger partial charge in [0.15, 0.2) is 0 Å². The highest BCUT2D eigenvalue weighted by Crippen LogP contribution is 2.36. The van der Waals surface area contributed by atoms with Crippen LogP contribution in [0.4, 0.5) is 0 Å². The van der Waals surface area contributed by atoms with Crippen molar-refractivity contribution in [1.82, 2.24) is 0 Å². The molecule has 0 radical (unpaired) electrons. The molecule has 1 aliphatic carbocycles. The van der Waals surface area contributed by atoms with Crippen LogP contribution >= 0.6 is 0 Å². The van der Waals surface area contributed by atoms with Crippen molar-refractivity contribution in [2.24, 2.45) is 11.7 Å². The third kappa shape index (κ3) is 0.570. The van der Waals surface area contributed by atoms with Gasteiger partial charge < -0.3 is 5.73 Å². The molecule has 1 aliphatic rings. The molecule has 0 aromatic heterocycles. The van der Waals surface area contributed by atoms with Gasteiger partial charge in [0.2, 0.25) is 0 Å². The van der Waals surface area contributed by atoms with E-state index < -0.39 is 0 Å². The lowest BCUT2D eigenvalue weighted by Crippen LogP contribution is -2.00. The third-order valence-electron chi connectivity index (χ3n) is 1.67. The second kappa shape index (κ2) is 1.34. The Hall–Kier alpha value is -0.300. The maximum absolute atomic E-state index is 5.52. The summed E-state index contributed by atoms with van der Waals surface area (Å²) in [4.78, 5) is 0. The zero-order chi connectivity index (χ0) is 5.44. The molecule has 0 aliphatic heterocycles. The van der Waals surface area contributed by atoms with Crippen molar-refractivity contribution in [2.75, 3.05) is 0 Å². The van der Waals surface area contributed by atoms with E-state index in [4.69, 9.17) is 5.73 Å². The van der Waals surface area contributed by atoms with Crippen LogP contribution < -0.4 is 5.73 Å². The molecule has 1 rings (SSSR count). The van der Waals surface area contributed by atoms with E-state index in [2.05, 4.69) is 13.5 Å². The van der Waals surface area contributed by atoms with E-state index in [9.17, 15) is 0 Å². The molecule has 0 spiro atoms. The molecule has 0 bridgehead atoms. The van der Waals surface area contributed by atoms with Gasteiger partial charge in [-0.1, -0.05) is 19.1 Å². The first-order valence-corrected chi connectivity index (χ1v) is 2.71. The van der Waals surface area contributed by atoms with Crippen LogP contribution in [-0.4, -0.2) is 6.04 Å². The first kappa shape index (κ1) is 4.85. The van der Waals surface area contributed by atoms with Crippen LogP contribution in [0.25, 0.3) is 0 Å². The van der Waals surface area contributed by atoms with Gasteiger partial charge in [0.1, 0.15) is 0 Å². The van der Waals surface area contributed by atoms with E-state index in [1.54, 1.807) is 0 Å². The number of rotatable bonds is 1. The van der Waals surface area contributed by atoms with E-state index in [1.807, 2.05) is 0 Å². The van der Waals surface area contributed by atoms with Crippen LogP contribution in [0.2, 0.25) is 0 Å². The molecule has 2 atom stereocenters. The molecule has 0 saturated heterocycles. The van der Waals surface area contributed by atoms with Crippen molar-refractivity contribution in [1.29, 1.82) is 0 Å². The predicted molar refractivity (Wildman–Crippen MR) is 30.9 cm³/mol. The summed E-state index contributed by atoms with van der Waals surface area (Å²) in [6.07, 6.45) is 1.17. The highest BCUT2D eigenvalue weighted by molar-refractivity contribution is 5.29. The summed E-state index contributed by atoms with van der Waals surface area (Å²) in [6.45, 7) is 5.92. The lowest BCUT2D eigenvalue weighted by Gasteiger charge is -1.78. The van der Waals surface area contributed by atoms with E-state index in [1.165, 1.54) is 12.0 Å². The summed E-state index contributed by atoms with van der Waals surface area (Å²) < 4.78 is 0. The Morgan fingerprint density at radius 1 is 1.86 bits per heavy atom. The second-order valence-electron chi connectivity index (χ2n) is 2.12. The van der Waals surface area contributed by atoms with Gasteiger partial charge in [0.05, 0.1) is 0 Å². The minimum Gasteiger partial charge on any atom is -0.324 e. The first-order valence-electron chi connectivity index (χ1n) is 2.71. The van der Waals surface area contributed by atoms with Gasteiger partial charge in [-0.05, 0) is 12.3 Å². The van der Waals surface area contributed by atoms with Crippen molar-refractivity contribution in [3.05, 3.63) is 12.2 Å². The molecule has 0 aromatic rings. The van der Waals surface area contributed by atoms with Gasteiger partial charge in [-0.2, -0.15) is 0 Å². The Balaban J connectivity index is 2.38. The lowest BCUT2D eigenvalue weighted by atomic mass is 10.3. The minimum atomic E-state index is 0.338. The van der Waals surface area contributed by atoms with Crippen LogP contribution in [0.15, 0.2) is 12.2 Å². The number of hydrogen-bond donors (Lipinski definition) is 1. The van der Waals surface area contributed by atoms with Crippen molar-refractivity contribution < 1.29 is 0 Å². The largest absolute Gasteiger partial charge is 0.324 e. The molecule has 0 heterocycles. The standard InChI is InChI=1S/C6H11N/c1-3-5-4(2)6(5)7/h5-6H,2-3,7H2,1H3. The molecule has 1 nitrogen and oxygen atoms in total. The highest BCUT2D eigenvalue weighted by atomic mass is 14.8. The zero-order valence-electron chi connectivity index (χ0n) is 4.65. The molecule has 7 heavy (non-hydrogen) atoms. The van der Waals surface area contributed by atoms with Gasteiger partial charge in [-0.15, -0.1) is 0 Å². The monoisotopic (exact) mass is 97.1 g/mol. The number of nitrogens with two attached hydrogens (primary N) is 1. The fraction of sp³-hybridized carbons (Fsp3) is 0.667. The SMILES string of the molecule is C=C1C(N)C1CC. The molecule has 1 heteroatoms. The molecular formula is C6H11N. The van der Waals surface area contributed by atoms with Gasteiger partial charge in [0.25, 0.3) is 0 Å². The van der Waals surface area contributed by atoms with E-state index in [0.29, 0.717) is 12.0 Å². The van der Waals surface area contributed by atoms with Crippen LogP contribution in [0, 0.1) is 5.92 Å². The van der Waals surface area contributed by atoms with Crippen LogP contribution in [0.3, 0.4) is 0 Å². The van der Waals surface area contributed by atoms with Crippen molar-refractivity contribution in [3.63, 3.8) is 0 Å². The first-order chi connectivity index (χ1) is 3.27. The molecule has 1 fully saturated rings. The van der Waals surface area contributed by atoms with Gasteiger partial charge in [0, 0.05) is 6.04 Å². The Kier molecular flexibility index (Phi) is 0.927. The van der Waals surface area contributed by atoms with E-state index in [0.717, 1.165) is 0 Å². The Labute approximate surface area is 44.2 Å². The topological polar surface area (TPSA) is 26.0 Å². The van der Waals surface area contributed by atoms with E-state index >= 15 is 0 Å². The van der Waals surface area contributed by atoms with Gasteiger partial charge in [-0.3, -0.25) is 0 Å². The molecule has 0 aromatic carbocycles. The Morgan fingerprint density at radius 3 is 2.29 bits per heavy atom. The van der Waals surface area contributed by atoms with Crippen molar-refractivity contribution >= 4 is 0 Å². The van der Waals surface area contributed by atoms with Crippen LogP contribution in [0.1, 0.15) is 13.3 Å². The molecule has 2 unspecified atom stereocenters. The molecular weight excluding hydrogens is 86.1 g/mol. The van der Waals surface area contributed by atoms with Crippen molar-refractivity contribution in [2.45, 2.75) is 19.4 Å². The normalized spacial score (nSPS) is 38.9. The summed E-state index contributed by atoms with van der Waals surface area (Å²) >= 11 is 0. The average molecular weight is 97.2 g/mol. The van der Waals surface area contributed by atoms with Crippen LogP contribution in [-0.2, 0) is 0 Å². The quantitative estimate of drug-likeness (QED) is 0.483. The second-order valence-corrected chi connectivity index (χ2v) is 2.12. The average Bonchev–Trinajstić information content (AvgIpc) is 2.17. The summed E-state index contributed by atoms with van der Waals surface area (Å²) in [5, 5.41) is 0. The highest BCUT2D eigenvalue weighted by Gasteiger charge is 2.36. The summed E-state index contributed by atoms with van der Waals surface area (Å²) in [6, 6.07) is 0.338. The molecule has 2 N–H and O–H groups in total. The summed E-state index contributed by atoms with van der Waals surface area (Å²) in [5.41, 5.74) is 6.76. The predicted octanol–water partition coefficient (Wildman–Crippen LogP) is 0.910. The summed E-state index contributed by atoms with van der Waals surface area (Å²) in [7, 11) is 0. The third-order valence-corrected chi connectivity index (χ3v) is 1.67. The smallest absolute Gasteiger partial charge is 0.0321 e. The van der Waals surface area contributed by atoms with Gasteiger partial charge in [-0.25, -0.2) is 0 Å². The maximum atomic E-state index is 5.52. The van der Waals surface area contributed by atoms with Gasteiger partial charge >= 0.3 is 0 Å². The van der Waals surface area contributed by atoms with Crippen LogP contribution in [0.5, 0.6) is 0 Å². The molecule has 1 saturated carbocycles. The summed E-state index contributed by atoms with van der Waals surface area (Å²) in [5.74, 6) is 0.653. The molecule has 0 amide bonds. The lowest BCUT2D eigenvalue weighted by molar-refractivity contribution is 0.769. The Bertz CT molecular complexity index is 96.4. The van der Waals surface area contributed by atoms with Crippen molar-refractivity contribution in [3.8, 4) is 0 Å². The number of hydrogen-bond acceptors (Lipinski definition) is 1. The van der Waals surface area contributed by atoms with E-state index in [-0.39, 0.29) is 0 Å². The zero-order valence-corrected chi connectivity index (χ0v) is 4.65.